The molecule has 8 heteroatoms. The average molecular weight is 737 g/mol. The van der Waals surface area contributed by atoms with Gasteiger partial charge in [-0.15, -0.1) is 11.3 Å². The molecule has 0 unspecified atom stereocenters. The molecule has 0 bridgehead atoms. The summed E-state index contributed by atoms with van der Waals surface area (Å²) in [6, 6.07) is 57.1. The molecule has 4 aromatic heterocycles. The molecule has 7 nitrogen and oxygen atoms in total. The van der Waals surface area contributed by atoms with Gasteiger partial charge < -0.3 is 4.42 Å². The summed E-state index contributed by atoms with van der Waals surface area (Å²) in [5.41, 5.74) is 7.01. The van der Waals surface area contributed by atoms with Gasteiger partial charge in [-0.05, 0) is 36.4 Å². The number of hydrogen-bond acceptors (Lipinski definition) is 8. The summed E-state index contributed by atoms with van der Waals surface area (Å²) in [6.45, 7) is 0. The Morgan fingerprint density at radius 2 is 0.821 bits per heavy atom. The predicted octanol–water partition coefficient (Wildman–Crippen LogP) is 12.3. The van der Waals surface area contributed by atoms with Crippen molar-refractivity contribution in [2.24, 2.45) is 0 Å². The van der Waals surface area contributed by atoms with Gasteiger partial charge in [-0.2, -0.15) is 0 Å². The fraction of sp³-hybridized carbons (Fsp3) is 0. The Morgan fingerprint density at radius 1 is 0.339 bits per heavy atom. The van der Waals surface area contributed by atoms with Crippen molar-refractivity contribution in [1.82, 2.24) is 29.9 Å². The van der Waals surface area contributed by atoms with E-state index in [-0.39, 0.29) is 0 Å². The summed E-state index contributed by atoms with van der Waals surface area (Å²) in [4.78, 5) is 30.2. The first-order valence-corrected chi connectivity index (χ1v) is 19.1. The molecule has 0 fully saturated rings. The van der Waals surface area contributed by atoms with Gasteiger partial charge in [0.15, 0.2) is 34.9 Å². The number of aromatic nitrogens is 6. The first-order chi connectivity index (χ1) is 27.7. The summed E-state index contributed by atoms with van der Waals surface area (Å²) >= 11 is 1.73. The van der Waals surface area contributed by atoms with Crippen LogP contribution in [-0.4, -0.2) is 29.9 Å². The van der Waals surface area contributed by atoms with Gasteiger partial charge in [0.1, 0.15) is 11.2 Å². The van der Waals surface area contributed by atoms with Crippen LogP contribution in [0.3, 0.4) is 0 Å². The second-order valence-corrected chi connectivity index (χ2v) is 14.5. The highest BCUT2D eigenvalue weighted by Gasteiger charge is 2.20. The van der Waals surface area contributed by atoms with E-state index >= 15 is 0 Å². The Hall–Kier alpha value is -7.42. The molecule has 11 rings (SSSR count). The third kappa shape index (κ3) is 5.51. The molecule has 0 saturated heterocycles. The Labute approximate surface area is 324 Å². The number of thiophene rings is 1. The Bertz CT molecular complexity index is 3200. The molecule has 0 aliphatic carbocycles. The third-order valence-electron chi connectivity index (χ3n) is 10.0. The van der Waals surface area contributed by atoms with Crippen molar-refractivity contribution < 1.29 is 4.42 Å². The molecule has 4 heterocycles. The van der Waals surface area contributed by atoms with E-state index in [0.717, 1.165) is 75.5 Å². The highest BCUT2D eigenvalue weighted by atomic mass is 32.1. The molecule has 0 N–H and O–H groups in total. The van der Waals surface area contributed by atoms with Gasteiger partial charge in [0.2, 0.25) is 0 Å². The third-order valence-corrected chi connectivity index (χ3v) is 11.2. The first-order valence-electron chi connectivity index (χ1n) is 18.3. The van der Waals surface area contributed by atoms with Crippen LogP contribution >= 0.6 is 11.3 Å². The minimum atomic E-state index is 0.550. The molecule has 0 atom stereocenters. The fourth-order valence-corrected chi connectivity index (χ4v) is 8.50. The summed E-state index contributed by atoms with van der Waals surface area (Å²) in [7, 11) is 0. The number of rotatable bonds is 6. The Kier molecular flexibility index (Phi) is 7.53. The SMILES string of the molecule is c1ccc(-c2nc(-c3ccc4sc5c(-c6nc(-c7ccccc7)nc(-c7ccccc7)n6)cccc5c4c3)nc(-c3cccc4c3oc3ccccc34)n2)cc1. The lowest BCUT2D eigenvalue weighted by atomic mass is 10.1. The summed E-state index contributed by atoms with van der Waals surface area (Å²) < 4.78 is 8.66. The molecular formula is C48H28N6OS. The van der Waals surface area contributed by atoms with Crippen molar-refractivity contribution in [3.8, 4) is 68.3 Å². The van der Waals surface area contributed by atoms with E-state index in [0.29, 0.717) is 34.9 Å². The average Bonchev–Trinajstić information content (AvgIpc) is 3.85. The standard InChI is InChI=1S/C48H28N6OS/c1-4-14-29(15-5-1)43-49-44(30-16-6-2-7-17-30)53-48(52-43)37-24-13-22-35-38-28-32(26-27-40(38)56-42(35)37)46-50-45(31-18-8-3-9-19-31)51-47(54-46)36-23-12-21-34-33-20-10-11-25-39(33)55-41(34)36/h1-28H. The summed E-state index contributed by atoms with van der Waals surface area (Å²) in [5.74, 6) is 3.62. The molecule has 262 valence electrons. The second-order valence-electron chi connectivity index (χ2n) is 13.5. The molecule has 0 amide bonds. The van der Waals surface area contributed by atoms with Crippen LogP contribution in [0.2, 0.25) is 0 Å². The Morgan fingerprint density at radius 3 is 1.45 bits per heavy atom. The van der Waals surface area contributed by atoms with Crippen LogP contribution < -0.4 is 0 Å². The fourth-order valence-electron chi connectivity index (χ4n) is 7.31. The number of benzene rings is 7. The molecule has 0 saturated carbocycles. The van der Waals surface area contributed by atoms with Crippen LogP contribution in [0.5, 0.6) is 0 Å². The molecule has 7 aromatic carbocycles. The van der Waals surface area contributed by atoms with Gasteiger partial charge in [0, 0.05) is 58.8 Å². The normalized spacial score (nSPS) is 11.6. The van der Waals surface area contributed by atoms with Gasteiger partial charge in [-0.3, -0.25) is 0 Å². The highest BCUT2D eigenvalue weighted by molar-refractivity contribution is 7.26. The number of fused-ring (bicyclic) bond motifs is 6. The van der Waals surface area contributed by atoms with Crippen LogP contribution in [0, 0.1) is 0 Å². The minimum Gasteiger partial charge on any atom is -0.455 e. The predicted molar refractivity (Wildman–Crippen MR) is 226 cm³/mol. The van der Waals surface area contributed by atoms with E-state index in [2.05, 4.69) is 48.5 Å². The lowest BCUT2D eigenvalue weighted by Gasteiger charge is -2.09. The molecule has 0 aliphatic heterocycles. The van der Waals surface area contributed by atoms with Gasteiger partial charge in [-0.25, -0.2) is 29.9 Å². The van der Waals surface area contributed by atoms with Crippen molar-refractivity contribution in [1.29, 1.82) is 0 Å². The van der Waals surface area contributed by atoms with E-state index in [4.69, 9.17) is 34.3 Å². The van der Waals surface area contributed by atoms with Crippen molar-refractivity contribution in [3.05, 3.63) is 170 Å². The molecule has 11 aromatic rings. The maximum atomic E-state index is 6.42. The van der Waals surface area contributed by atoms with Crippen LogP contribution in [0.4, 0.5) is 0 Å². The number of furan rings is 1. The second kappa shape index (κ2) is 13.2. The topological polar surface area (TPSA) is 90.5 Å². The summed E-state index contributed by atoms with van der Waals surface area (Å²) in [5, 5.41) is 4.29. The number of nitrogens with zero attached hydrogens (tertiary/aromatic N) is 6. The van der Waals surface area contributed by atoms with E-state index in [9.17, 15) is 0 Å². The van der Waals surface area contributed by atoms with Crippen LogP contribution in [0.25, 0.3) is 110 Å². The van der Waals surface area contributed by atoms with E-state index in [1.807, 2.05) is 121 Å². The van der Waals surface area contributed by atoms with Crippen molar-refractivity contribution in [3.63, 3.8) is 0 Å². The Balaban J connectivity index is 1.08. The van der Waals surface area contributed by atoms with Gasteiger partial charge in [0.25, 0.3) is 0 Å². The first kappa shape index (κ1) is 32.0. The van der Waals surface area contributed by atoms with Gasteiger partial charge >= 0.3 is 0 Å². The van der Waals surface area contributed by atoms with Crippen LogP contribution in [-0.2, 0) is 0 Å². The van der Waals surface area contributed by atoms with Crippen LogP contribution in [0.1, 0.15) is 0 Å². The largest absolute Gasteiger partial charge is 0.455 e. The maximum absolute atomic E-state index is 6.42. The molecular weight excluding hydrogens is 709 g/mol. The van der Waals surface area contributed by atoms with E-state index in [1.165, 1.54) is 0 Å². The lowest BCUT2D eigenvalue weighted by molar-refractivity contribution is 0.669. The lowest BCUT2D eigenvalue weighted by Crippen LogP contribution is -2.00. The maximum Gasteiger partial charge on any atom is 0.167 e. The molecule has 0 radical (unpaired) electrons. The molecule has 0 spiro atoms. The monoisotopic (exact) mass is 736 g/mol. The van der Waals surface area contributed by atoms with Gasteiger partial charge in [-0.1, -0.05) is 133 Å². The smallest absolute Gasteiger partial charge is 0.167 e. The highest BCUT2D eigenvalue weighted by Crippen LogP contribution is 2.42. The molecule has 56 heavy (non-hydrogen) atoms. The zero-order valence-corrected chi connectivity index (χ0v) is 30.5. The quantitative estimate of drug-likeness (QED) is 0.168. The van der Waals surface area contributed by atoms with Crippen molar-refractivity contribution >= 4 is 53.4 Å². The zero-order valence-electron chi connectivity index (χ0n) is 29.7. The van der Waals surface area contributed by atoms with Crippen molar-refractivity contribution in [2.45, 2.75) is 0 Å². The van der Waals surface area contributed by atoms with Crippen LogP contribution in [0.15, 0.2) is 174 Å². The number of hydrogen-bond donors (Lipinski definition) is 0. The van der Waals surface area contributed by atoms with E-state index in [1.54, 1.807) is 11.3 Å². The van der Waals surface area contributed by atoms with Gasteiger partial charge in [0.05, 0.1) is 5.56 Å². The van der Waals surface area contributed by atoms with Crippen molar-refractivity contribution in [2.75, 3.05) is 0 Å². The minimum absolute atomic E-state index is 0.550. The summed E-state index contributed by atoms with van der Waals surface area (Å²) in [6.07, 6.45) is 0. The molecule has 0 aliphatic rings. The zero-order chi connectivity index (χ0) is 37.0. The van der Waals surface area contributed by atoms with E-state index < -0.39 is 0 Å². The number of para-hydroxylation sites is 2.